The molecule has 6 atom stereocenters. The summed E-state index contributed by atoms with van der Waals surface area (Å²) < 4.78 is 0. The Balaban J connectivity index is 1.87. The number of carbonyl (C=O) groups is 1. The molecule has 0 radical (unpaired) electrons. The number of benzene rings is 1. The Kier molecular flexibility index (Phi) is 5.47. The van der Waals surface area contributed by atoms with E-state index >= 15 is 0 Å². The predicted octanol–water partition coefficient (Wildman–Crippen LogP) is 5.36. The first kappa shape index (κ1) is 21.4. The van der Waals surface area contributed by atoms with Gasteiger partial charge < -0.3 is 10.8 Å². The topological polar surface area (TPSA) is 63.3 Å². The molecule has 3 heteroatoms. The highest BCUT2D eigenvalue weighted by Gasteiger charge is 2.61. The molecule has 162 valence electrons. The number of nitrogens with two attached hydrogens (primary N) is 1. The monoisotopic (exact) mass is 407 g/mol. The van der Waals surface area contributed by atoms with Gasteiger partial charge in [-0.2, -0.15) is 0 Å². The van der Waals surface area contributed by atoms with Crippen LogP contribution in [0.25, 0.3) is 0 Å². The molecule has 0 bridgehead atoms. The number of carbonyl (C=O) groups excluding carboxylic acids is 1. The standard InChI is InChI=1S/C27H37NO2/c1-17(2)19-10-11-21-20(14-19)15-23(29)25-26(3,16-24(28)30)13-12-22(27(21,25)4)18-8-6-5-7-9-18/h5-9,14-15,17,21-23,25,29H,10-13,16H2,1-4H3,(H2,28,30)/t21-,22?,23?,25-,26-,27-/m0/s1. The number of rotatable bonds is 4. The average Bonchev–Trinajstić information content (AvgIpc) is 2.67. The van der Waals surface area contributed by atoms with Gasteiger partial charge in [-0.25, -0.2) is 0 Å². The van der Waals surface area contributed by atoms with Gasteiger partial charge >= 0.3 is 0 Å². The lowest BCUT2D eigenvalue weighted by atomic mass is 9.41. The van der Waals surface area contributed by atoms with Crippen molar-refractivity contribution in [1.29, 1.82) is 0 Å². The SMILES string of the molecule is CC(C)C1=CC2=CC(O)[C@H]3[C@](C)(CC(N)=O)CCC(c4ccccc4)[C@]3(C)[C@H]2CC1. The van der Waals surface area contributed by atoms with Gasteiger partial charge in [0, 0.05) is 12.3 Å². The van der Waals surface area contributed by atoms with Gasteiger partial charge in [0.2, 0.25) is 5.91 Å². The second-order valence-corrected chi connectivity index (χ2v) is 10.8. The Morgan fingerprint density at radius 1 is 1.17 bits per heavy atom. The maximum Gasteiger partial charge on any atom is 0.217 e. The molecule has 1 fully saturated rings. The van der Waals surface area contributed by atoms with E-state index in [0.717, 1.165) is 25.7 Å². The van der Waals surface area contributed by atoms with E-state index in [1.54, 1.807) is 0 Å². The molecule has 1 amide bonds. The van der Waals surface area contributed by atoms with Gasteiger partial charge in [0.1, 0.15) is 0 Å². The Labute approximate surface area is 181 Å². The van der Waals surface area contributed by atoms with Crippen LogP contribution in [0.15, 0.2) is 53.6 Å². The molecule has 30 heavy (non-hydrogen) atoms. The third-order valence-electron chi connectivity index (χ3n) is 8.63. The Morgan fingerprint density at radius 3 is 2.50 bits per heavy atom. The van der Waals surface area contributed by atoms with Gasteiger partial charge in [-0.15, -0.1) is 0 Å². The van der Waals surface area contributed by atoms with Crippen molar-refractivity contribution in [3.05, 3.63) is 59.2 Å². The van der Waals surface area contributed by atoms with Crippen LogP contribution < -0.4 is 5.73 Å². The largest absolute Gasteiger partial charge is 0.389 e. The van der Waals surface area contributed by atoms with Crippen molar-refractivity contribution in [3.63, 3.8) is 0 Å². The molecule has 3 N–H and O–H groups in total. The van der Waals surface area contributed by atoms with Crippen molar-refractivity contribution >= 4 is 5.91 Å². The summed E-state index contributed by atoms with van der Waals surface area (Å²) in [6, 6.07) is 10.8. The summed E-state index contributed by atoms with van der Waals surface area (Å²) in [5.74, 6) is 1.05. The van der Waals surface area contributed by atoms with Crippen molar-refractivity contribution in [2.75, 3.05) is 0 Å². The fourth-order valence-electron chi connectivity index (χ4n) is 7.40. The fraction of sp³-hybridized carbons (Fsp3) is 0.593. The maximum atomic E-state index is 12.0. The smallest absolute Gasteiger partial charge is 0.217 e. The first-order chi connectivity index (χ1) is 14.2. The van der Waals surface area contributed by atoms with Crippen molar-refractivity contribution in [3.8, 4) is 0 Å². The Hall–Kier alpha value is -1.87. The summed E-state index contributed by atoms with van der Waals surface area (Å²) in [6.07, 6.45) is 8.43. The number of amides is 1. The summed E-state index contributed by atoms with van der Waals surface area (Å²) in [5.41, 5.74) is 9.45. The zero-order valence-corrected chi connectivity index (χ0v) is 18.9. The van der Waals surface area contributed by atoms with E-state index in [1.807, 2.05) is 0 Å². The number of fused-ring (bicyclic) bond motifs is 3. The van der Waals surface area contributed by atoms with Crippen LogP contribution in [0.1, 0.15) is 71.3 Å². The number of aliphatic hydroxyl groups is 1. The van der Waals surface area contributed by atoms with Gasteiger partial charge in [-0.1, -0.05) is 75.8 Å². The molecule has 0 spiro atoms. The Bertz CT molecular complexity index is 870. The van der Waals surface area contributed by atoms with Crippen LogP contribution in [-0.4, -0.2) is 17.1 Å². The summed E-state index contributed by atoms with van der Waals surface area (Å²) in [6.45, 7) is 9.09. The minimum Gasteiger partial charge on any atom is -0.389 e. The molecular weight excluding hydrogens is 370 g/mol. The first-order valence-electron chi connectivity index (χ1n) is 11.6. The number of allylic oxidation sites excluding steroid dienone is 3. The quantitative estimate of drug-likeness (QED) is 0.705. The van der Waals surface area contributed by atoms with Crippen LogP contribution in [0.5, 0.6) is 0 Å². The number of primary amides is 1. The van der Waals surface area contributed by atoms with Crippen LogP contribution in [0.4, 0.5) is 0 Å². The molecule has 3 aliphatic carbocycles. The number of hydrogen-bond donors (Lipinski definition) is 2. The van der Waals surface area contributed by atoms with Gasteiger partial charge in [-0.3, -0.25) is 4.79 Å². The van der Waals surface area contributed by atoms with Crippen molar-refractivity contribution in [2.24, 2.45) is 34.3 Å². The van der Waals surface area contributed by atoms with E-state index in [2.05, 4.69) is 70.2 Å². The molecule has 2 unspecified atom stereocenters. The molecule has 1 aromatic rings. The highest BCUT2D eigenvalue weighted by molar-refractivity contribution is 5.74. The molecular formula is C27H37NO2. The minimum atomic E-state index is -0.556. The molecule has 1 aromatic carbocycles. The normalized spacial score (nSPS) is 38.3. The summed E-state index contributed by atoms with van der Waals surface area (Å²) >= 11 is 0. The summed E-state index contributed by atoms with van der Waals surface area (Å²) in [4.78, 5) is 12.0. The lowest BCUT2D eigenvalue weighted by Crippen LogP contribution is -2.59. The summed E-state index contributed by atoms with van der Waals surface area (Å²) in [5, 5.41) is 11.5. The highest BCUT2D eigenvalue weighted by atomic mass is 16.3. The maximum absolute atomic E-state index is 12.0. The predicted molar refractivity (Wildman–Crippen MR) is 122 cm³/mol. The molecule has 0 saturated heterocycles. The lowest BCUT2D eigenvalue weighted by molar-refractivity contribution is -0.137. The molecule has 1 saturated carbocycles. The molecule has 0 aromatic heterocycles. The second-order valence-electron chi connectivity index (χ2n) is 10.8. The van der Waals surface area contributed by atoms with Crippen LogP contribution >= 0.6 is 0 Å². The molecule has 0 aliphatic heterocycles. The van der Waals surface area contributed by atoms with Crippen molar-refractivity contribution < 1.29 is 9.90 Å². The van der Waals surface area contributed by atoms with E-state index in [4.69, 9.17) is 5.73 Å². The van der Waals surface area contributed by atoms with Crippen molar-refractivity contribution in [2.45, 2.75) is 71.8 Å². The molecule has 4 rings (SSSR count). The third-order valence-corrected chi connectivity index (χ3v) is 8.63. The second kappa shape index (κ2) is 7.67. The molecule has 0 heterocycles. The highest BCUT2D eigenvalue weighted by Crippen LogP contribution is 2.67. The zero-order chi connectivity index (χ0) is 21.7. The van der Waals surface area contributed by atoms with E-state index < -0.39 is 6.10 Å². The summed E-state index contributed by atoms with van der Waals surface area (Å²) in [7, 11) is 0. The van der Waals surface area contributed by atoms with E-state index in [0.29, 0.717) is 24.2 Å². The number of hydrogen-bond acceptors (Lipinski definition) is 2. The van der Waals surface area contributed by atoms with Crippen LogP contribution in [-0.2, 0) is 4.79 Å². The van der Waals surface area contributed by atoms with Crippen LogP contribution in [0, 0.1) is 28.6 Å². The van der Waals surface area contributed by atoms with Gasteiger partial charge in [0.25, 0.3) is 0 Å². The third kappa shape index (κ3) is 3.36. The number of aliphatic hydroxyl groups excluding tert-OH is 1. The fourth-order valence-corrected chi connectivity index (χ4v) is 7.40. The minimum absolute atomic E-state index is 0.0132. The van der Waals surface area contributed by atoms with Crippen molar-refractivity contribution in [1.82, 2.24) is 0 Å². The van der Waals surface area contributed by atoms with Gasteiger partial charge in [0.15, 0.2) is 0 Å². The van der Waals surface area contributed by atoms with E-state index in [-0.39, 0.29) is 22.7 Å². The van der Waals surface area contributed by atoms with E-state index in [1.165, 1.54) is 16.7 Å². The first-order valence-corrected chi connectivity index (χ1v) is 11.6. The average molecular weight is 408 g/mol. The van der Waals surface area contributed by atoms with Crippen LogP contribution in [0.3, 0.4) is 0 Å². The molecule has 3 aliphatic rings. The van der Waals surface area contributed by atoms with Gasteiger partial charge in [0.05, 0.1) is 6.10 Å². The zero-order valence-electron chi connectivity index (χ0n) is 18.9. The molecule has 3 nitrogen and oxygen atoms in total. The Morgan fingerprint density at radius 2 is 1.87 bits per heavy atom. The lowest BCUT2D eigenvalue weighted by Gasteiger charge is -2.63. The van der Waals surface area contributed by atoms with Gasteiger partial charge in [-0.05, 0) is 65.4 Å². The van der Waals surface area contributed by atoms with Crippen LogP contribution in [0.2, 0.25) is 0 Å². The van der Waals surface area contributed by atoms with E-state index in [9.17, 15) is 9.90 Å².